The maximum Gasteiger partial charge on any atom is 0.338 e. The number of rotatable bonds is 7. The molecular formula is C23H22FNO4S. The first kappa shape index (κ1) is 21.6. The fourth-order valence-electron chi connectivity index (χ4n) is 3.37. The smallest absolute Gasteiger partial charge is 0.338 e. The van der Waals surface area contributed by atoms with Crippen molar-refractivity contribution < 1.29 is 22.9 Å². The Kier molecular flexibility index (Phi) is 6.62. The average molecular weight is 427 g/mol. The van der Waals surface area contributed by atoms with Gasteiger partial charge < -0.3 is 9.30 Å². The summed E-state index contributed by atoms with van der Waals surface area (Å²) in [4.78, 5) is 25.0. The number of halogens is 1. The molecular weight excluding hydrogens is 405 g/mol. The molecule has 1 heterocycles. The number of benzene rings is 2. The van der Waals surface area contributed by atoms with Crippen LogP contribution in [0.25, 0.3) is 5.69 Å². The summed E-state index contributed by atoms with van der Waals surface area (Å²) in [6.07, 6.45) is 1.59. The van der Waals surface area contributed by atoms with E-state index in [0.717, 1.165) is 11.3 Å². The number of esters is 1. The van der Waals surface area contributed by atoms with Crippen LogP contribution in [-0.4, -0.2) is 33.4 Å². The zero-order valence-corrected chi connectivity index (χ0v) is 17.8. The summed E-state index contributed by atoms with van der Waals surface area (Å²) in [6, 6.07) is 14.5. The minimum absolute atomic E-state index is 0.302. The molecule has 1 atom stereocenters. The number of hydrogen-bond acceptors (Lipinski definition) is 4. The summed E-state index contributed by atoms with van der Waals surface area (Å²) < 4.78 is 32.0. The molecule has 7 heteroatoms. The molecule has 0 radical (unpaired) electrons. The van der Waals surface area contributed by atoms with Gasteiger partial charge in [-0.15, -0.1) is 0 Å². The second-order valence-corrected chi connectivity index (χ2v) is 8.45. The Labute approximate surface area is 176 Å². The van der Waals surface area contributed by atoms with E-state index in [-0.39, 0.29) is 11.6 Å². The molecule has 3 aromatic rings. The largest absolute Gasteiger partial charge is 0.454 e. The van der Waals surface area contributed by atoms with Crippen LogP contribution >= 0.6 is 0 Å². The first-order valence-electron chi connectivity index (χ1n) is 9.30. The van der Waals surface area contributed by atoms with Crippen molar-refractivity contribution in [2.45, 2.75) is 19.6 Å². The van der Waals surface area contributed by atoms with Crippen LogP contribution in [0.15, 0.2) is 54.6 Å². The molecule has 1 aromatic heterocycles. The molecule has 0 aliphatic heterocycles. The van der Waals surface area contributed by atoms with Crippen molar-refractivity contribution in [3.63, 3.8) is 0 Å². The molecule has 0 saturated heterocycles. The van der Waals surface area contributed by atoms with E-state index in [0.29, 0.717) is 28.3 Å². The summed E-state index contributed by atoms with van der Waals surface area (Å²) in [5.41, 5.74) is 3.51. The van der Waals surface area contributed by atoms with Crippen molar-refractivity contribution in [2.24, 2.45) is 0 Å². The molecule has 156 valence electrons. The van der Waals surface area contributed by atoms with Gasteiger partial charge in [0.25, 0.3) is 0 Å². The van der Waals surface area contributed by atoms with Gasteiger partial charge in [-0.3, -0.25) is 9.00 Å². The lowest BCUT2D eigenvalue weighted by atomic mass is 10.1. The fourth-order valence-corrected chi connectivity index (χ4v) is 4.02. The van der Waals surface area contributed by atoms with Gasteiger partial charge in [0.05, 0.1) is 5.56 Å². The summed E-state index contributed by atoms with van der Waals surface area (Å²) in [5, 5.41) is 0. The van der Waals surface area contributed by atoms with Crippen LogP contribution in [0.4, 0.5) is 4.39 Å². The average Bonchev–Trinajstić information content (AvgIpc) is 2.99. The Morgan fingerprint density at radius 2 is 1.80 bits per heavy atom. The quantitative estimate of drug-likeness (QED) is 0.420. The molecule has 2 aromatic carbocycles. The molecule has 0 amide bonds. The van der Waals surface area contributed by atoms with Gasteiger partial charge in [0.2, 0.25) is 5.78 Å². The second-order valence-electron chi connectivity index (χ2n) is 7.02. The fraction of sp³-hybridized carbons (Fsp3) is 0.217. The van der Waals surface area contributed by atoms with Crippen LogP contribution in [0, 0.1) is 19.7 Å². The predicted octanol–water partition coefficient (Wildman–Crippen LogP) is 4.15. The van der Waals surface area contributed by atoms with Crippen molar-refractivity contribution in [3.05, 3.63) is 88.5 Å². The normalized spacial score (nSPS) is 11.9. The van der Waals surface area contributed by atoms with Crippen molar-refractivity contribution in [2.75, 3.05) is 12.9 Å². The Balaban J connectivity index is 1.73. The topological polar surface area (TPSA) is 65.4 Å². The molecule has 0 aliphatic rings. The van der Waals surface area contributed by atoms with E-state index in [4.69, 9.17) is 4.74 Å². The van der Waals surface area contributed by atoms with E-state index in [1.807, 2.05) is 6.92 Å². The van der Waals surface area contributed by atoms with Gasteiger partial charge in [0.1, 0.15) is 5.82 Å². The number of ether oxygens (including phenoxy) is 1. The van der Waals surface area contributed by atoms with E-state index in [1.54, 1.807) is 60.2 Å². The number of aromatic nitrogens is 1. The first-order valence-corrected chi connectivity index (χ1v) is 11.0. The maximum absolute atomic E-state index is 13.6. The summed E-state index contributed by atoms with van der Waals surface area (Å²) in [5.74, 6) is -0.988. The molecule has 3 rings (SSSR count). The minimum atomic E-state index is -1.03. The van der Waals surface area contributed by atoms with Crippen LogP contribution in [0.2, 0.25) is 0 Å². The zero-order chi connectivity index (χ0) is 21.8. The highest BCUT2D eigenvalue weighted by Crippen LogP contribution is 2.22. The summed E-state index contributed by atoms with van der Waals surface area (Å²) in [7, 11) is -1.03. The van der Waals surface area contributed by atoms with E-state index >= 15 is 0 Å². The highest BCUT2D eigenvalue weighted by Gasteiger charge is 2.19. The Morgan fingerprint density at radius 3 is 2.50 bits per heavy atom. The van der Waals surface area contributed by atoms with E-state index < -0.39 is 23.4 Å². The SMILES string of the molecule is Cc1cc(C(=O)COC(=O)c2cccc(CS(C)=O)c2)c(C)n1-c1cccc(F)c1. The van der Waals surface area contributed by atoms with Crippen molar-refractivity contribution in [1.29, 1.82) is 0 Å². The van der Waals surface area contributed by atoms with Gasteiger partial charge in [0.15, 0.2) is 6.61 Å². The van der Waals surface area contributed by atoms with Gasteiger partial charge in [-0.25, -0.2) is 9.18 Å². The highest BCUT2D eigenvalue weighted by molar-refractivity contribution is 7.83. The lowest BCUT2D eigenvalue weighted by Crippen LogP contribution is -2.15. The van der Waals surface area contributed by atoms with Gasteiger partial charge >= 0.3 is 5.97 Å². The molecule has 0 N–H and O–H groups in total. The van der Waals surface area contributed by atoms with Crippen LogP contribution in [0.3, 0.4) is 0 Å². The van der Waals surface area contributed by atoms with Crippen molar-refractivity contribution in [3.8, 4) is 5.69 Å². The maximum atomic E-state index is 13.6. The van der Waals surface area contributed by atoms with Gasteiger partial charge in [-0.2, -0.15) is 0 Å². The molecule has 30 heavy (non-hydrogen) atoms. The Hall–Kier alpha value is -3.06. The molecule has 0 bridgehead atoms. The number of nitrogens with zero attached hydrogens (tertiary/aromatic N) is 1. The van der Waals surface area contributed by atoms with Crippen LogP contribution in [0.5, 0.6) is 0 Å². The standard InChI is InChI=1S/C23H22FNO4S/c1-15-10-21(16(2)25(15)20-9-5-8-19(24)12-20)22(26)13-29-23(27)18-7-4-6-17(11-18)14-30(3)28/h4-12H,13-14H2,1-3H3. The molecule has 0 aliphatic carbocycles. The third-order valence-electron chi connectivity index (χ3n) is 4.66. The van der Waals surface area contributed by atoms with Crippen LogP contribution < -0.4 is 0 Å². The summed E-state index contributed by atoms with van der Waals surface area (Å²) in [6.45, 7) is 3.18. The Bertz CT molecular complexity index is 1140. The van der Waals surface area contributed by atoms with Gasteiger partial charge in [-0.05, 0) is 55.8 Å². The van der Waals surface area contributed by atoms with E-state index in [9.17, 15) is 18.2 Å². The van der Waals surface area contributed by atoms with E-state index in [1.165, 1.54) is 12.1 Å². The van der Waals surface area contributed by atoms with Crippen LogP contribution in [0.1, 0.15) is 37.7 Å². The first-order chi connectivity index (χ1) is 14.3. The third kappa shape index (κ3) is 4.91. The van der Waals surface area contributed by atoms with Gasteiger partial charge in [0, 0.05) is 45.4 Å². The lowest BCUT2D eigenvalue weighted by Gasteiger charge is -2.10. The second kappa shape index (κ2) is 9.17. The highest BCUT2D eigenvalue weighted by atomic mass is 32.2. The lowest BCUT2D eigenvalue weighted by molar-refractivity contribution is 0.0474. The zero-order valence-electron chi connectivity index (χ0n) is 17.0. The number of ketones is 1. The number of carbonyl (C=O) groups is 2. The molecule has 0 spiro atoms. The number of carbonyl (C=O) groups excluding carboxylic acids is 2. The molecule has 0 fully saturated rings. The number of hydrogen-bond donors (Lipinski definition) is 0. The number of aryl methyl sites for hydroxylation is 1. The Morgan fingerprint density at radius 1 is 1.07 bits per heavy atom. The third-order valence-corrected chi connectivity index (χ3v) is 5.40. The van der Waals surface area contributed by atoms with Crippen LogP contribution in [-0.2, 0) is 21.3 Å². The summed E-state index contributed by atoms with van der Waals surface area (Å²) >= 11 is 0. The monoisotopic (exact) mass is 427 g/mol. The minimum Gasteiger partial charge on any atom is -0.454 e. The van der Waals surface area contributed by atoms with Crippen molar-refractivity contribution >= 4 is 22.6 Å². The molecule has 1 unspecified atom stereocenters. The predicted molar refractivity (Wildman–Crippen MR) is 114 cm³/mol. The molecule has 5 nitrogen and oxygen atoms in total. The number of Topliss-reactive ketones (excluding diaryl/α,β-unsaturated/α-hetero) is 1. The molecule has 0 saturated carbocycles. The van der Waals surface area contributed by atoms with Gasteiger partial charge in [-0.1, -0.05) is 18.2 Å². The van der Waals surface area contributed by atoms with Crippen molar-refractivity contribution in [1.82, 2.24) is 4.57 Å². The van der Waals surface area contributed by atoms with E-state index in [2.05, 4.69) is 0 Å².